The fraction of sp³-hybridized carbons (Fsp3) is 0.160. The Kier molecular flexibility index (Phi) is 5.54. The van der Waals surface area contributed by atoms with E-state index >= 15 is 0 Å². The van der Waals surface area contributed by atoms with E-state index in [9.17, 15) is 14.4 Å². The van der Waals surface area contributed by atoms with E-state index in [-0.39, 0.29) is 17.7 Å². The maximum Gasteiger partial charge on any atom is 0.254 e. The normalized spacial score (nSPS) is 17.6. The molecule has 2 N–H and O–H groups in total. The highest BCUT2D eigenvalue weighted by atomic mass is 16.2. The summed E-state index contributed by atoms with van der Waals surface area (Å²) in [6.07, 6.45) is 0. The summed E-state index contributed by atoms with van der Waals surface area (Å²) >= 11 is 0. The summed E-state index contributed by atoms with van der Waals surface area (Å²) in [4.78, 5) is 39.4. The molecule has 3 amide bonds. The third kappa shape index (κ3) is 4.05. The van der Waals surface area contributed by atoms with Crippen molar-refractivity contribution < 1.29 is 14.4 Å². The lowest BCUT2D eigenvalue weighted by atomic mass is 9.79. The lowest BCUT2D eigenvalue weighted by Gasteiger charge is -2.39. The average molecular weight is 413 g/mol. The van der Waals surface area contributed by atoms with Crippen LogP contribution in [0.1, 0.15) is 40.4 Å². The molecule has 0 saturated heterocycles. The first-order valence-corrected chi connectivity index (χ1v) is 10.1. The summed E-state index contributed by atoms with van der Waals surface area (Å²) in [6.45, 7) is 1.44. The molecule has 3 aromatic carbocycles. The SMILES string of the molecule is CC(=O)Nc1ccc(NC(=O)[C@H]2c3ccccc3C(=O)N(C)[C@H]2c2ccccc2)cc1. The molecule has 0 radical (unpaired) electrons. The molecule has 1 aliphatic rings. The Labute approximate surface area is 180 Å². The van der Waals surface area contributed by atoms with E-state index in [1.54, 1.807) is 42.3 Å². The Morgan fingerprint density at radius 2 is 1.39 bits per heavy atom. The minimum atomic E-state index is -0.573. The lowest BCUT2D eigenvalue weighted by Crippen LogP contribution is -2.44. The second-order valence-electron chi connectivity index (χ2n) is 7.58. The van der Waals surface area contributed by atoms with E-state index in [2.05, 4.69) is 10.6 Å². The van der Waals surface area contributed by atoms with Gasteiger partial charge in [0.15, 0.2) is 0 Å². The molecule has 0 aliphatic carbocycles. The zero-order valence-corrected chi connectivity index (χ0v) is 17.3. The quantitative estimate of drug-likeness (QED) is 0.673. The van der Waals surface area contributed by atoms with Gasteiger partial charge in [0.05, 0.1) is 12.0 Å². The number of fused-ring (bicyclic) bond motifs is 1. The van der Waals surface area contributed by atoms with Crippen LogP contribution in [0.2, 0.25) is 0 Å². The molecular weight excluding hydrogens is 390 g/mol. The van der Waals surface area contributed by atoms with Crippen molar-refractivity contribution in [1.82, 2.24) is 4.90 Å². The maximum absolute atomic E-state index is 13.5. The number of nitrogens with one attached hydrogen (secondary N) is 2. The van der Waals surface area contributed by atoms with Gasteiger partial charge in [-0.25, -0.2) is 0 Å². The third-order valence-electron chi connectivity index (χ3n) is 5.48. The van der Waals surface area contributed by atoms with Gasteiger partial charge >= 0.3 is 0 Å². The number of likely N-dealkylation sites (N-methyl/N-ethyl adjacent to an activating group) is 1. The molecule has 0 unspecified atom stereocenters. The first-order chi connectivity index (χ1) is 15.0. The number of hydrogen-bond acceptors (Lipinski definition) is 3. The van der Waals surface area contributed by atoms with Crippen molar-refractivity contribution in [2.45, 2.75) is 18.9 Å². The van der Waals surface area contributed by atoms with E-state index in [1.807, 2.05) is 48.5 Å². The summed E-state index contributed by atoms with van der Waals surface area (Å²) in [7, 11) is 1.73. The number of benzene rings is 3. The number of rotatable bonds is 4. The largest absolute Gasteiger partial charge is 0.334 e. The van der Waals surface area contributed by atoms with Crippen molar-refractivity contribution >= 4 is 29.1 Å². The van der Waals surface area contributed by atoms with Gasteiger partial charge in [-0.3, -0.25) is 14.4 Å². The first kappa shape index (κ1) is 20.3. The highest BCUT2D eigenvalue weighted by Gasteiger charge is 2.42. The minimum absolute atomic E-state index is 0.104. The molecule has 1 aliphatic heterocycles. The van der Waals surface area contributed by atoms with E-state index < -0.39 is 12.0 Å². The Morgan fingerprint density at radius 3 is 2.03 bits per heavy atom. The van der Waals surface area contributed by atoms with Crippen LogP contribution in [-0.2, 0) is 9.59 Å². The van der Waals surface area contributed by atoms with E-state index in [4.69, 9.17) is 0 Å². The van der Waals surface area contributed by atoms with E-state index in [0.717, 1.165) is 5.56 Å². The number of anilines is 2. The van der Waals surface area contributed by atoms with Gasteiger partial charge in [0.2, 0.25) is 11.8 Å². The molecule has 0 fully saturated rings. The molecule has 3 aromatic rings. The minimum Gasteiger partial charge on any atom is -0.334 e. The summed E-state index contributed by atoms with van der Waals surface area (Å²) in [5.41, 5.74) is 3.42. The van der Waals surface area contributed by atoms with Crippen LogP contribution in [-0.4, -0.2) is 29.7 Å². The van der Waals surface area contributed by atoms with Crippen molar-refractivity contribution in [1.29, 1.82) is 0 Å². The predicted molar refractivity (Wildman–Crippen MR) is 120 cm³/mol. The van der Waals surface area contributed by atoms with E-state index in [1.165, 1.54) is 6.92 Å². The standard InChI is InChI=1S/C25H23N3O3/c1-16(29)26-18-12-14-19(15-13-18)27-24(30)22-20-10-6-7-11-21(20)25(31)28(2)23(22)17-8-4-3-5-9-17/h3-15,22-23H,1-2H3,(H,26,29)(H,27,30)/t22-,23-/m0/s1. The Bertz CT molecular complexity index is 1130. The number of nitrogens with zero attached hydrogens (tertiary/aromatic N) is 1. The van der Waals surface area contributed by atoms with Gasteiger partial charge in [-0.05, 0) is 41.5 Å². The van der Waals surface area contributed by atoms with Crippen molar-refractivity contribution in [3.05, 3.63) is 95.6 Å². The Morgan fingerprint density at radius 1 is 0.806 bits per heavy atom. The van der Waals surface area contributed by atoms with Crippen LogP contribution >= 0.6 is 0 Å². The summed E-state index contributed by atoms with van der Waals surface area (Å²) in [6, 6.07) is 23.4. The molecule has 6 heteroatoms. The molecule has 4 rings (SSSR count). The molecule has 2 atom stereocenters. The highest BCUT2D eigenvalue weighted by molar-refractivity contribution is 6.04. The molecule has 6 nitrogen and oxygen atoms in total. The van der Waals surface area contributed by atoms with Crippen LogP contribution in [0.3, 0.4) is 0 Å². The molecule has 0 bridgehead atoms. The highest BCUT2D eigenvalue weighted by Crippen LogP contribution is 2.42. The van der Waals surface area contributed by atoms with Crippen LogP contribution in [0.25, 0.3) is 0 Å². The maximum atomic E-state index is 13.5. The molecule has 156 valence electrons. The second-order valence-corrected chi connectivity index (χ2v) is 7.58. The zero-order valence-electron chi connectivity index (χ0n) is 17.3. The van der Waals surface area contributed by atoms with E-state index in [0.29, 0.717) is 22.5 Å². The topological polar surface area (TPSA) is 78.5 Å². The lowest BCUT2D eigenvalue weighted by molar-refractivity contribution is -0.119. The van der Waals surface area contributed by atoms with Crippen molar-refractivity contribution in [3.8, 4) is 0 Å². The second kappa shape index (κ2) is 8.44. The fourth-order valence-electron chi connectivity index (χ4n) is 4.08. The number of carbonyl (C=O) groups excluding carboxylic acids is 3. The molecule has 0 saturated carbocycles. The van der Waals surface area contributed by atoms with Gasteiger partial charge in [-0.1, -0.05) is 48.5 Å². The van der Waals surface area contributed by atoms with Crippen LogP contribution in [0, 0.1) is 0 Å². The van der Waals surface area contributed by atoms with Gasteiger partial charge in [-0.15, -0.1) is 0 Å². The smallest absolute Gasteiger partial charge is 0.254 e. The summed E-state index contributed by atoms with van der Waals surface area (Å²) < 4.78 is 0. The number of carbonyl (C=O) groups is 3. The number of hydrogen-bond donors (Lipinski definition) is 2. The third-order valence-corrected chi connectivity index (χ3v) is 5.48. The van der Waals surface area contributed by atoms with Crippen LogP contribution < -0.4 is 10.6 Å². The van der Waals surface area contributed by atoms with Gasteiger partial charge in [-0.2, -0.15) is 0 Å². The zero-order chi connectivity index (χ0) is 22.0. The fourth-order valence-corrected chi connectivity index (χ4v) is 4.08. The van der Waals surface area contributed by atoms with Gasteiger partial charge in [0.1, 0.15) is 0 Å². The average Bonchev–Trinajstić information content (AvgIpc) is 2.77. The van der Waals surface area contributed by atoms with Crippen LogP contribution in [0.4, 0.5) is 11.4 Å². The van der Waals surface area contributed by atoms with Crippen molar-refractivity contribution in [3.63, 3.8) is 0 Å². The molecule has 0 aromatic heterocycles. The van der Waals surface area contributed by atoms with Gasteiger partial charge in [0, 0.05) is 30.9 Å². The van der Waals surface area contributed by atoms with Crippen LogP contribution in [0.15, 0.2) is 78.9 Å². The monoisotopic (exact) mass is 413 g/mol. The molecule has 0 spiro atoms. The Hall–Kier alpha value is -3.93. The number of amides is 3. The summed E-state index contributed by atoms with van der Waals surface area (Å²) in [5, 5.41) is 5.68. The molecular formula is C25H23N3O3. The van der Waals surface area contributed by atoms with Gasteiger partial charge < -0.3 is 15.5 Å². The first-order valence-electron chi connectivity index (χ1n) is 10.1. The van der Waals surface area contributed by atoms with Gasteiger partial charge in [0.25, 0.3) is 5.91 Å². The predicted octanol–water partition coefficient (Wildman–Crippen LogP) is 4.19. The van der Waals surface area contributed by atoms with Crippen LogP contribution in [0.5, 0.6) is 0 Å². The summed E-state index contributed by atoms with van der Waals surface area (Å²) in [5.74, 6) is -1.04. The Balaban J connectivity index is 1.70. The molecule has 1 heterocycles. The van der Waals surface area contributed by atoms with Crippen molar-refractivity contribution in [2.75, 3.05) is 17.7 Å². The van der Waals surface area contributed by atoms with Crippen molar-refractivity contribution in [2.24, 2.45) is 0 Å². The molecule has 31 heavy (non-hydrogen) atoms.